The molecule has 1 aromatic rings. The van der Waals surface area contributed by atoms with Crippen LogP contribution in [0.2, 0.25) is 0 Å². The molecule has 0 saturated carbocycles. The van der Waals surface area contributed by atoms with Crippen LogP contribution in [0, 0.1) is 5.92 Å². The number of hydrogen-bond donors (Lipinski definition) is 2. The highest BCUT2D eigenvalue weighted by atomic mass is 35.5. The average molecular weight is 348 g/mol. The molecule has 1 fully saturated rings. The maximum atomic E-state index is 11.5. The van der Waals surface area contributed by atoms with E-state index in [-0.39, 0.29) is 30.7 Å². The molecule has 126 valence electrons. The van der Waals surface area contributed by atoms with E-state index >= 15 is 0 Å². The predicted molar refractivity (Wildman–Crippen MR) is 96.9 cm³/mol. The number of amides is 1. The number of carbonyl (C=O) groups excluding carboxylic acids is 1. The van der Waals surface area contributed by atoms with E-state index in [1.54, 1.807) is 6.92 Å². The lowest BCUT2D eigenvalue weighted by molar-refractivity contribution is -0.117. The van der Waals surface area contributed by atoms with Gasteiger partial charge in [-0.25, -0.2) is 0 Å². The second-order valence-electron chi connectivity index (χ2n) is 5.93. The minimum atomic E-state index is -0.481. The van der Waals surface area contributed by atoms with Crippen molar-refractivity contribution in [2.45, 2.75) is 39.3 Å². The molecule has 6 heteroatoms. The number of piperidine rings is 1. The summed E-state index contributed by atoms with van der Waals surface area (Å²) in [7, 11) is 0. The Labute approximate surface area is 145 Å². The van der Waals surface area contributed by atoms with E-state index in [9.17, 15) is 4.79 Å². The molecule has 1 aliphatic rings. The summed E-state index contributed by atoms with van der Waals surface area (Å²) < 4.78 is 0. The van der Waals surface area contributed by atoms with Crippen LogP contribution in [0.15, 0.2) is 24.3 Å². The third kappa shape index (κ3) is 6.53. The Balaban J connectivity index is 0.00000220. The number of rotatable bonds is 4. The summed E-state index contributed by atoms with van der Waals surface area (Å²) in [4.78, 5) is 14.0. The molecule has 0 unspecified atom stereocenters. The molecule has 0 spiro atoms. The highest BCUT2D eigenvalue weighted by Gasteiger charge is 2.15. The van der Waals surface area contributed by atoms with E-state index in [1.165, 1.54) is 31.5 Å². The topological polar surface area (TPSA) is 58.4 Å². The van der Waals surface area contributed by atoms with E-state index in [4.69, 9.17) is 5.73 Å². The quantitative estimate of drug-likeness (QED) is 0.879. The molecular formula is C16H27Cl2N3O. The van der Waals surface area contributed by atoms with Crippen LogP contribution >= 0.6 is 24.8 Å². The van der Waals surface area contributed by atoms with Crippen molar-refractivity contribution in [3.63, 3.8) is 0 Å². The first-order chi connectivity index (χ1) is 9.54. The van der Waals surface area contributed by atoms with Crippen molar-refractivity contribution in [3.05, 3.63) is 29.8 Å². The maximum Gasteiger partial charge on any atom is 0.240 e. The molecule has 0 radical (unpaired) electrons. The van der Waals surface area contributed by atoms with Gasteiger partial charge < -0.3 is 11.1 Å². The van der Waals surface area contributed by atoms with Gasteiger partial charge in [0.05, 0.1) is 6.04 Å². The molecule has 0 aromatic heterocycles. The zero-order chi connectivity index (χ0) is 14.5. The van der Waals surface area contributed by atoms with Crippen LogP contribution in [0.3, 0.4) is 0 Å². The van der Waals surface area contributed by atoms with Gasteiger partial charge in [0.25, 0.3) is 0 Å². The molecule has 1 aromatic carbocycles. The summed E-state index contributed by atoms with van der Waals surface area (Å²) in [6, 6.07) is 7.57. The van der Waals surface area contributed by atoms with Crippen LogP contribution in [0.25, 0.3) is 0 Å². The number of nitrogens with zero attached hydrogens (tertiary/aromatic N) is 1. The fraction of sp³-hybridized carbons (Fsp3) is 0.562. The Morgan fingerprint density at radius 2 is 1.82 bits per heavy atom. The molecular weight excluding hydrogens is 321 g/mol. The van der Waals surface area contributed by atoms with E-state index < -0.39 is 6.04 Å². The first-order valence-corrected chi connectivity index (χ1v) is 7.42. The lowest BCUT2D eigenvalue weighted by Crippen LogP contribution is -2.32. The third-order valence-corrected chi connectivity index (χ3v) is 3.92. The van der Waals surface area contributed by atoms with Gasteiger partial charge in [-0.2, -0.15) is 0 Å². The Morgan fingerprint density at radius 3 is 2.32 bits per heavy atom. The van der Waals surface area contributed by atoms with E-state index in [0.29, 0.717) is 0 Å². The molecule has 1 saturated heterocycles. The van der Waals surface area contributed by atoms with Crippen LogP contribution in [0.4, 0.5) is 5.69 Å². The standard InChI is InChI=1S/C16H25N3O.2ClH/c1-12-7-9-19(10-8-12)11-14-3-5-15(6-4-14)18-16(20)13(2)17;;/h3-6,12-13H,7-11,17H2,1-2H3,(H,18,20);2*1H/t13-;;/m1../s1. The van der Waals surface area contributed by atoms with Crippen LogP contribution < -0.4 is 11.1 Å². The van der Waals surface area contributed by atoms with Gasteiger partial charge in [-0.05, 0) is 56.5 Å². The Morgan fingerprint density at radius 1 is 1.27 bits per heavy atom. The summed E-state index contributed by atoms with van der Waals surface area (Å²) in [5.74, 6) is 0.713. The van der Waals surface area contributed by atoms with Crippen LogP contribution in [0.1, 0.15) is 32.3 Å². The fourth-order valence-corrected chi connectivity index (χ4v) is 2.43. The average Bonchev–Trinajstić information content (AvgIpc) is 2.43. The van der Waals surface area contributed by atoms with Gasteiger partial charge in [0.2, 0.25) is 5.91 Å². The number of carbonyl (C=O) groups is 1. The number of benzene rings is 1. The minimum Gasteiger partial charge on any atom is -0.325 e. The van der Waals surface area contributed by atoms with Crippen LogP contribution in [-0.2, 0) is 11.3 Å². The zero-order valence-corrected chi connectivity index (χ0v) is 14.9. The lowest BCUT2D eigenvalue weighted by atomic mass is 9.99. The van der Waals surface area contributed by atoms with Gasteiger partial charge in [-0.3, -0.25) is 9.69 Å². The zero-order valence-electron chi connectivity index (χ0n) is 13.2. The molecule has 1 amide bonds. The van der Waals surface area contributed by atoms with Gasteiger partial charge in [-0.1, -0.05) is 19.1 Å². The largest absolute Gasteiger partial charge is 0.325 e. The molecule has 4 nitrogen and oxygen atoms in total. The van der Waals surface area contributed by atoms with Gasteiger partial charge in [0.1, 0.15) is 0 Å². The van der Waals surface area contributed by atoms with Crippen LogP contribution in [-0.4, -0.2) is 29.9 Å². The number of anilines is 1. The molecule has 1 atom stereocenters. The Bertz CT molecular complexity index is 443. The number of nitrogens with two attached hydrogens (primary N) is 1. The summed E-state index contributed by atoms with van der Waals surface area (Å²) in [5, 5.41) is 2.80. The molecule has 3 N–H and O–H groups in total. The number of hydrogen-bond acceptors (Lipinski definition) is 3. The van der Waals surface area contributed by atoms with Gasteiger partial charge in [0.15, 0.2) is 0 Å². The predicted octanol–water partition coefficient (Wildman–Crippen LogP) is 3.05. The molecule has 1 aliphatic heterocycles. The molecule has 0 aliphatic carbocycles. The van der Waals surface area contributed by atoms with Crippen LogP contribution in [0.5, 0.6) is 0 Å². The summed E-state index contributed by atoms with van der Waals surface area (Å²) in [6.45, 7) is 7.37. The first-order valence-electron chi connectivity index (χ1n) is 7.42. The monoisotopic (exact) mass is 347 g/mol. The number of halogens is 2. The van der Waals surface area contributed by atoms with E-state index in [0.717, 1.165) is 18.2 Å². The highest BCUT2D eigenvalue weighted by Crippen LogP contribution is 2.19. The fourth-order valence-electron chi connectivity index (χ4n) is 2.43. The number of nitrogens with one attached hydrogen (secondary N) is 1. The normalized spacial score (nSPS) is 17.0. The third-order valence-electron chi connectivity index (χ3n) is 3.92. The molecule has 22 heavy (non-hydrogen) atoms. The van der Waals surface area contributed by atoms with Gasteiger partial charge in [-0.15, -0.1) is 24.8 Å². The van der Waals surface area contributed by atoms with Crippen molar-refractivity contribution in [1.82, 2.24) is 4.90 Å². The van der Waals surface area contributed by atoms with Crippen molar-refractivity contribution in [1.29, 1.82) is 0 Å². The number of likely N-dealkylation sites (tertiary alicyclic amines) is 1. The van der Waals surface area contributed by atoms with Crippen molar-refractivity contribution >= 4 is 36.4 Å². The minimum absolute atomic E-state index is 0. The van der Waals surface area contributed by atoms with E-state index in [2.05, 4.69) is 29.3 Å². The second kappa shape index (κ2) is 10.1. The van der Waals surface area contributed by atoms with Gasteiger partial charge in [0, 0.05) is 12.2 Å². The van der Waals surface area contributed by atoms with Crippen molar-refractivity contribution in [2.75, 3.05) is 18.4 Å². The van der Waals surface area contributed by atoms with Crippen molar-refractivity contribution in [3.8, 4) is 0 Å². The molecule has 0 bridgehead atoms. The molecule has 2 rings (SSSR count). The lowest BCUT2D eigenvalue weighted by Gasteiger charge is -2.30. The maximum absolute atomic E-state index is 11.5. The second-order valence-corrected chi connectivity index (χ2v) is 5.93. The summed E-state index contributed by atoms with van der Waals surface area (Å²) >= 11 is 0. The SMILES string of the molecule is CC1CCN(Cc2ccc(NC(=O)[C@@H](C)N)cc2)CC1.Cl.Cl. The smallest absolute Gasteiger partial charge is 0.240 e. The van der Waals surface area contributed by atoms with Crippen molar-refractivity contribution < 1.29 is 4.79 Å². The first kappa shape index (κ1) is 21.2. The Hall–Kier alpha value is -0.810. The van der Waals surface area contributed by atoms with E-state index in [1.807, 2.05) is 12.1 Å². The summed E-state index contributed by atoms with van der Waals surface area (Å²) in [5.41, 5.74) is 7.63. The highest BCUT2D eigenvalue weighted by molar-refractivity contribution is 5.94. The Kier molecular flexibility index (Phi) is 9.69. The molecule has 1 heterocycles. The summed E-state index contributed by atoms with van der Waals surface area (Å²) in [6.07, 6.45) is 2.59. The van der Waals surface area contributed by atoms with Crippen molar-refractivity contribution in [2.24, 2.45) is 11.7 Å². The van der Waals surface area contributed by atoms with Gasteiger partial charge >= 0.3 is 0 Å².